The summed E-state index contributed by atoms with van der Waals surface area (Å²) in [5.74, 6) is 0.0790. The molecule has 0 aliphatic heterocycles. The van der Waals surface area contributed by atoms with E-state index < -0.39 is 0 Å². The first-order chi connectivity index (χ1) is 12.2. The zero-order valence-electron chi connectivity index (χ0n) is 14.1. The van der Waals surface area contributed by atoms with Crippen LogP contribution in [0, 0.1) is 0 Å². The molecular weight excluding hydrogens is 308 g/mol. The summed E-state index contributed by atoms with van der Waals surface area (Å²) in [6.45, 7) is 1.89. The Kier molecular flexibility index (Phi) is 5.37. The van der Waals surface area contributed by atoms with Crippen molar-refractivity contribution in [1.29, 1.82) is 0 Å². The fourth-order valence-corrected chi connectivity index (χ4v) is 2.56. The molecule has 3 heteroatoms. The normalized spacial score (nSPS) is 11.2. The first-order valence-electron chi connectivity index (χ1n) is 8.26. The van der Waals surface area contributed by atoms with Crippen LogP contribution < -0.4 is 5.32 Å². The minimum absolute atomic E-state index is 0.0790. The smallest absolute Gasteiger partial charge is 0.168 e. The zero-order valence-corrected chi connectivity index (χ0v) is 14.1. The van der Waals surface area contributed by atoms with Gasteiger partial charge in [-0.25, -0.2) is 0 Å². The van der Waals surface area contributed by atoms with Gasteiger partial charge in [0.2, 0.25) is 0 Å². The van der Waals surface area contributed by atoms with Gasteiger partial charge in [-0.1, -0.05) is 60.7 Å². The standard InChI is InChI=1S/C22H20N2O/c1-17(16-22(25)18-10-4-2-5-11-18)23-20-14-8-9-15-21(20)24-19-12-6-3-7-13-19/h2-15,24H,16H2,1H3. The number of nitrogens with zero attached hydrogens (tertiary/aromatic N) is 1. The number of para-hydroxylation sites is 3. The lowest BCUT2D eigenvalue weighted by Gasteiger charge is -2.10. The van der Waals surface area contributed by atoms with E-state index in [1.54, 1.807) is 0 Å². The Morgan fingerprint density at radius 3 is 2.16 bits per heavy atom. The first-order valence-corrected chi connectivity index (χ1v) is 8.26. The van der Waals surface area contributed by atoms with Crippen molar-refractivity contribution in [2.75, 3.05) is 5.32 Å². The van der Waals surface area contributed by atoms with Gasteiger partial charge in [-0.2, -0.15) is 0 Å². The van der Waals surface area contributed by atoms with Gasteiger partial charge in [-0.15, -0.1) is 0 Å². The monoisotopic (exact) mass is 328 g/mol. The number of rotatable bonds is 6. The maximum atomic E-state index is 12.3. The highest BCUT2D eigenvalue weighted by atomic mass is 16.1. The third-order valence-electron chi connectivity index (χ3n) is 3.78. The van der Waals surface area contributed by atoms with Crippen molar-refractivity contribution in [2.45, 2.75) is 13.3 Å². The molecular formula is C22H20N2O. The largest absolute Gasteiger partial charge is 0.354 e. The molecule has 0 unspecified atom stereocenters. The molecule has 0 bridgehead atoms. The van der Waals surface area contributed by atoms with Crippen LogP contribution in [0.5, 0.6) is 0 Å². The van der Waals surface area contributed by atoms with Crippen LogP contribution >= 0.6 is 0 Å². The summed E-state index contributed by atoms with van der Waals surface area (Å²) in [5.41, 5.74) is 4.25. The summed E-state index contributed by atoms with van der Waals surface area (Å²) in [6.07, 6.45) is 0.309. The molecule has 1 N–H and O–H groups in total. The Morgan fingerprint density at radius 1 is 0.840 bits per heavy atom. The van der Waals surface area contributed by atoms with E-state index >= 15 is 0 Å². The lowest BCUT2D eigenvalue weighted by atomic mass is 10.1. The Balaban J connectivity index is 1.77. The molecule has 0 amide bonds. The molecule has 3 aromatic carbocycles. The predicted octanol–water partition coefficient (Wildman–Crippen LogP) is 5.80. The van der Waals surface area contributed by atoms with E-state index in [1.807, 2.05) is 91.9 Å². The Labute approximate surface area is 148 Å². The van der Waals surface area contributed by atoms with E-state index in [0.29, 0.717) is 12.0 Å². The van der Waals surface area contributed by atoms with Crippen LogP contribution in [0.4, 0.5) is 17.1 Å². The molecule has 3 nitrogen and oxygen atoms in total. The molecule has 0 saturated heterocycles. The molecule has 0 heterocycles. The number of hydrogen-bond acceptors (Lipinski definition) is 3. The van der Waals surface area contributed by atoms with Crippen molar-refractivity contribution in [3.63, 3.8) is 0 Å². The number of nitrogens with one attached hydrogen (secondary N) is 1. The lowest BCUT2D eigenvalue weighted by molar-refractivity contribution is 0.100. The van der Waals surface area contributed by atoms with Gasteiger partial charge in [0.15, 0.2) is 5.78 Å². The van der Waals surface area contributed by atoms with Crippen LogP contribution in [-0.2, 0) is 0 Å². The molecule has 124 valence electrons. The van der Waals surface area contributed by atoms with Crippen LogP contribution in [0.3, 0.4) is 0 Å². The van der Waals surface area contributed by atoms with E-state index in [1.165, 1.54) is 0 Å². The number of hydrogen-bond donors (Lipinski definition) is 1. The van der Waals surface area contributed by atoms with Crippen molar-refractivity contribution in [2.24, 2.45) is 4.99 Å². The molecule has 0 saturated carbocycles. The number of anilines is 2. The van der Waals surface area contributed by atoms with Gasteiger partial charge in [0.25, 0.3) is 0 Å². The molecule has 0 aliphatic carbocycles. The van der Waals surface area contributed by atoms with Crippen molar-refractivity contribution in [3.8, 4) is 0 Å². The van der Waals surface area contributed by atoms with E-state index in [2.05, 4.69) is 10.3 Å². The second kappa shape index (κ2) is 8.06. The van der Waals surface area contributed by atoms with Crippen LogP contribution in [-0.4, -0.2) is 11.5 Å². The topological polar surface area (TPSA) is 41.5 Å². The van der Waals surface area contributed by atoms with Gasteiger partial charge >= 0.3 is 0 Å². The average Bonchev–Trinajstić information content (AvgIpc) is 2.65. The van der Waals surface area contributed by atoms with Gasteiger partial charge in [0.05, 0.1) is 11.4 Å². The fraction of sp³-hybridized carbons (Fsp3) is 0.0909. The minimum atomic E-state index is 0.0790. The van der Waals surface area contributed by atoms with Crippen LogP contribution in [0.15, 0.2) is 89.9 Å². The van der Waals surface area contributed by atoms with E-state index in [9.17, 15) is 4.79 Å². The van der Waals surface area contributed by atoms with Gasteiger partial charge in [0.1, 0.15) is 0 Å². The number of benzene rings is 3. The average molecular weight is 328 g/mol. The summed E-state index contributed by atoms with van der Waals surface area (Å²) >= 11 is 0. The van der Waals surface area contributed by atoms with Gasteiger partial charge in [-0.05, 0) is 31.2 Å². The number of ketones is 1. The second-order valence-corrected chi connectivity index (χ2v) is 5.82. The molecule has 0 spiro atoms. The van der Waals surface area contributed by atoms with Crippen molar-refractivity contribution in [3.05, 3.63) is 90.5 Å². The quantitative estimate of drug-likeness (QED) is 0.459. The maximum Gasteiger partial charge on any atom is 0.168 e. The molecule has 0 aromatic heterocycles. The van der Waals surface area contributed by atoms with Crippen molar-refractivity contribution < 1.29 is 4.79 Å². The third-order valence-corrected chi connectivity index (χ3v) is 3.78. The van der Waals surface area contributed by atoms with Crippen LogP contribution in [0.2, 0.25) is 0 Å². The summed E-state index contributed by atoms with van der Waals surface area (Å²) in [6, 6.07) is 27.1. The Morgan fingerprint density at radius 2 is 1.44 bits per heavy atom. The van der Waals surface area contributed by atoms with Crippen molar-refractivity contribution in [1.82, 2.24) is 0 Å². The summed E-state index contributed by atoms with van der Waals surface area (Å²) in [5, 5.41) is 3.37. The third kappa shape index (κ3) is 4.64. The number of aliphatic imine (C=N–C) groups is 1. The zero-order chi connectivity index (χ0) is 17.5. The maximum absolute atomic E-state index is 12.3. The number of carbonyl (C=O) groups excluding carboxylic acids is 1. The molecule has 25 heavy (non-hydrogen) atoms. The van der Waals surface area contributed by atoms with Crippen molar-refractivity contribution >= 4 is 28.6 Å². The first kappa shape index (κ1) is 16.7. The summed E-state index contributed by atoms with van der Waals surface area (Å²) in [7, 11) is 0. The minimum Gasteiger partial charge on any atom is -0.354 e. The predicted molar refractivity (Wildman–Crippen MR) is 104 cm³/mol. The van der Waals surface area contributed by atoms with E-state index in [0.717, 1.165) is 22.8 Å². The second-order valence-electron chi connectivity index (χ2n) is 5.82. The van der Waals surface area contributed by atoms with Gasteiger partial charge in [-0.3, -0.25) is 9.79 Å². The molecule has 3 rings (SSSR count). The Hall–Kier alpha value is -3.20. The molecule has 0 aliphatic rings. The van der Waals surface area contributed by atoms with Gasteiger partial charge in [0, 0.05) is 23.4 Å². The SMILES string of the molecule is CC(CC(=O)c1ccccc1)=Nc1ccccc1Nc1ccccc1. The number of carbonyl (C=O) groups is 1. The lowest BCUT2D eigenvalue weighted by Crippen LogP contribution is -2.05. The van der Waals surface area contributed by atoms with E-state index in [-0.39, 0.29) is 5.78 Å². The highest BCUT2D eigenvalue weighted by molar-refractivity contribution is 6.09. The molecule has 0 atom stereocenters. The molecule has 3 aromatic rings. The van der Waals surface area contributed by atoms with Crippen LogP contribution in [0.1, 0.15) is 23.7 Å². The van der Waals surface area contributed by atoms with Gasteiger partial charge < -0.3 is 5.32 Å². The summed E-state index contributed by atoms with van der Waals surface area (Å²) in [4.78, 5) is 17.0. The molecule has 0 fully saturated rings. The highest BCUT2D eigenvalue weighted by Crippen LogP contribution is 2.28. The summed E-state index contributed by atoms with van der Waals surface area (Å²) < 4.78 is 0. The number of Topliss-reactive ketones (excluding diaryl/α,β-unsaturated/α-hetero) is 1. The molecule has 0 radical (unpaired) electrons. The highest BCUT2D eigenvalue weighted by Gasteiger charge is 2.08. The van der Waals surface area contributed by atoms with Crippen LogP contribution in [0.25, 0.3) is 0 Å². The Bertz CT molecular complexity index is 871. The van der Waals surface area contributed by atoms with E-state index in [4.69, 9.17) is 0 Å². The fourth-order valence-electron chi connectivity index (χ4n) is 2.56.